The van der Waals surface area contributed by atoms with Crippen molar-refractivity contribution in [2.45, 2.75) is 51.6 Å². The summed E-state index contributed by atoms with van der Waals surface area (Å²) in [5, 5.41) is 0. The fourth-order valence-corrected chi connectivity index (χ4v) is 3.00. The van der Waals surface area contributed by atoms with Gasteiger partial charge in [0.2, 0.25) is 0 Å². The van der Waals surface area contributed by atoms with Gasteiger partial charge in [-0.25, -0.2) is 0 Å². The molecule has 2 rings (SSSR count). The Morgan fingerprint density at radius 1 is 1.20 bits per heavy atom. The molecule has 110 valence electrons. The van der Waals surface area contributed by atoms with Gasteiger partial charge in [-0.2, -0.15) is 0 Å². The van der Waals surface area contributed by atoms with Crippen LogP contribution >= 0.6 is 0 Å². The molecular formula is C17H25NO2. The second-order valence-corrected chi connectivity index (χ2v) is 5.76. The maximum absolute atomic E-state index is 10.6. The van der Waals surface area contributed by atoms with Gasteiger partial charge in [0.25, 0.3) is 0 Å². The van der Waals surface area contributed by atoms with E-state index in [0.717, 1.165) is 31.6 Å². The van der Waals surface area contributed by atoms with Gasteiger partial charge in [0.1, 0.15) is 12.0 Å². The summed E-state index contributed by atoms with van der Waals surface area (Å²) >= 11 is 0. The third-order valence-corrected chi connectivity index (χ3v) is 4.22. The highest BCUT2D eigenvalue weighted by atomic mass is 16.5. The molecule has 1 saturated heterocycles. The van der Waals surface area contributed by atoms with Crippen LogP contribution in [-0.2, 0) is 0 Å². The van der Waals surface area contributed by atoms with E-state index in [1.165, 1.54) is 19.3 Å². The lowest BCUT2D eigenvalue weighted by molar-refractivity contribution is 0.0961. The third kappa shape index (κ3) is 4.07. The molecule has 0 saturated carbocycles. The average Bonchev–Trinajstić information content (AvgIpc) is 2.46. The van der Waals surface area contributed by atoms with Gasteiger partial charge in [0, 0.05) is 24.2 Å². The molecule has 3 heteroatoms. The first kappa shape index (κ1) is 15.0. The van der Waals surface area contributed by atoms with Gasteiger partial charge in [-0.05, 0) is 57.4 Å². The molecule has 0 bridgehead atoms. The number of nitrogens with zero attached hydrogens (tertiary/aromatic N) is 1. The Kier molecular flexibility index (Phi) is 5.60. The third-order valence-electron chi connectivity index (χ3n) is 4.22. The molecule has 0 aliphatic carbocycles. The fourth-order valence-electron chi connectivity index (χ4n) is 3.00. The molecule has 0 spiro atoms. The lowest BCUT2D eigenvalue weighted by Gasteiger charge is -2.39. The van der Waals surface area contributed by atoms with Crippen molar-refractivity contribution in [3.8, 4) is 5.75 Å². The molecule has 0 amide bonds. The van der Waals surface area contributed by atoms with Crippen LogP contribution in [-0.4, -0.2) is 36.4 Å². The van der Waals surface area contributed by atoms with Gasteiger partial charge in [0.15, 0.2) is 0 Å². The predicted molar refractivity (Wildman–Crippen MR) is 81.4 cm³/mol. The van der Waals surface area contributed by atoms with Crippen molar-refractivity contribution in [1.29, 1.82) is 0 Å². The van der Waals surface area contributed by atoms with Gasteiger partial charge in [0.05, 0.1) is 6.61 Å². The Hall–Kier alpha value is -1.35. The monoisotopic (exact) mass is 275 g/mol. The quantitative estimate of drug-likeness (QED) is 0.587. The van der Waals surface area contributed by atoms with Crippen LogP contribution in [0.1, 0.15) is 49.9 Å². The van der Waals surface area contributed by atoms with E-state index in [-0.39, 0.29) is 0 Å². The maximum Gasteiger partial charge on any atom is 0.150 e. The number of ether oxygens (including phenoxy) is 1. The van der Waals surface area contributed by atoms with Crippen molar-refractivity contribution in [3.05, 3.63) is 29.8 Å². The molecule has 2 atom stereocenters. The van der Waals surface area contributed by atoms with Gasteiger partial charge >= 0.3 is 0 Å². The summed E-state index contributed by atoms with van der Waals surface area (Å²) in [6.45, 7) is 6.49. The molecule has 1 aromatic carbocycles. The van der Waals surface area contributed by atoms with Gasteiger partial charge in [-0.3, -0.25) is 9.69 Å². The van der Waals surface area contributed by atoms with E-state index in [4.69, 9.17) is 4.74 Å². The lowest BCUT2D eigenvalue weighted by Crippen LogP contribution is -2.44. The van der Waals surface area contributed by atoms with E-state index in [0.29, 0.717) is 17.6 Å². The van der Waals surface area contributed by atoms with Crippen LogP contribution in [0.15, 0.2) is 24.3 Å². The second-order valence-electron chi connectivity index (χ2n) is 5.76. The normalized spacial score (nSPS) is 23.5. The molecule has 20 heavy (non-hydrogen) atoms. The number of benzene rings is 1. The minimum absolute atomic E-state index is 0.688. The molecule has 1 heterocycles. The Morgan fingerprint density at radius 2 is 1.85 bits per heavy atom. The summed E-state index contributed by atoms with van der Waals surface area (Å²) in [6, 6.07) is 8.69. The number of aldehydes is 1. The van der Waals surface area contributed by atoms with E-state index in [2.05, 4.69) is 18.7 Å². The van der Waals surface area contributed by atoms with Crippen LogP contribution in [0.2, 0.25) is 0 Å². The minimum atomic E-state index is 0.688. The first-order chi connectivity index (χ1) is 9.70. The smallest absolute Gasteiger partial charge is 0.150 e. The first-order valence-electron chi connectivity index (χ1n) is 7.64. The number of piperidine rings is 1. The van der Waals surface area contributed by atoms with Crippen LogP contribution in [0.5, 0.6) is 5.75 Å². The van der Waals surface area contributed by atoms with E-state index in [1.54, 1.807) is 12.1 Å². The fraction of sp³-hybridized carbons (Fsp3) is 0.588. The van der Waals surface area contributed by atoms with Crippen molar-refractivity contribution in [3.63, 3.8) is 0 Å². The van der Waals surface area contributed by atoms with E-state index in [1.807, 2.05) is 12.1 Å². The maximum atomic E-state index is 10.6. The number of hydrogen-bond acceptors (Lipinski definition) is 3. The Labute approximate surface area is 121 Å². The summed E-state index contributed by atoms with van der Waals surface area (Å²) in [5.41, 5.74) is 0.688. The largest absolute Gasteiger partial charge is 0.494 e. The molecule has 1 fully saturated rings. The summed E-state index contributed by atoms with van der Waals surface area (Å²) in [4.78, 5) is 13.2. The highest BCUT2D eigenvalue weighted by Crippen LogP contribution is 2.22. The second kappa shape index (κ2) is 7.44. The van der Waals surface area contributed by atoms with Gasteiger partial charge in [-0.1, -0.05) is 6.42 Å². The molecule has 2 unspecified atom stereocenters. The van der Waals surface area contributed by atoms with E-state index >= 15 is 0 Å². The first-order valence-corrected chi connectivity index (χ1v) is 7.64. The Balaban J connectivity index is 1.71. The number of carbonyl (C=O) groups is 1. The standard InChI is InChI=1S/C17H25NO2/c1-14-5-3-6-15(2)18(14)11-4-12-20-17-9-7-16(13-19)8-10-17/h7-10,13-15H,3-6,11-12H2,1-2H3. The molecule has 0 radical (unpaired) electrons. The molecule has 1 aliphatic rings. The summed E-state index contributed by atoms with van der Waals surface area (Å²) < 4.78 is 5.72. The van der Waals surface area contributed by atoms with Crippen LogP contribution < -0.4 is 4.74 Å². The minimum Gasteiger partial charge on any atom is -0.494 e. The summed E-state index contributed by atoms with van der Waals surface area (Å²) in [5.74, 6) is 0.843. The molecule has 1 aromatic rings. The van der Waals surface area contributed by atoms with Crippen molar-refractivity contribution < 1.29 is 9.53 Å². The summed E-state index contributed by atoms with van der Waals surface area (Å²) in [6.07, 6.45) is 5.89. The molecule has 1 aliphatic heterocycles. The number of carbonyl (C=O) groups excluding carboxylic acids is 1. The molecule has 0 aromatic heterocycles. The van der Waals surface area contributed by atoms with Crippen LogP contribution in [0, 0.1) is 0 Å². The average molecular weight is 275 g/mol. The molecular weight excluding hydrogens is 250 g/mol. The highest BCUT2D eigenvalue weighted by molar-refractivity contribution is 5.74. The van der Waals surface area contributed by atoms with Crippen molar-refractivity contribution in [1.82, 2.24) is 4.90 Å². The van der Waals surface area contributed by atoms with Crippen LogP contribution in [0.4, 0.5) is 0 Å². The SMILES string of the molecule is CC1CCCC(C)N1CCCOc1ccc(C=O)cc1. The van der Waals surface area contributed by atoms with Crippen LogP contribution in [0.3, 0.4) is 0 Å². The number of likely N-dealkylation sites (tertiary alicyclic amines) is 1. The number of rotatable bonds is 6. The Bertz CT molecular complexity index is 406. The summed E-state index contributed by atoms with van der Waals surface area (Å²) in [7, 11) is 0. The Morgan fingerprint density at radius 3 is 2.45 bits per heavy atom. The van der Waals surface area contributed by atoms with Crippen LogP contribution in [0.25, 0.3) is 0 Å². The zero-order valence-electron chi connectivity index (χ0n) is 12.5. The van der Waals surface area contributed by atoms with Crippen molar-refractivity contribution in [2.24, 2.45) is 0 Å². The molecule has 0 N–H and O–H groups in total. The van der Waals surface area contributed by atoms with Crippen molar-refractivity contribution in [2.75, 3.05) is 13.2 Å². The van der Waals surface area contributed by atoms with Crippen molar-refractivity contribution >= 4 is 6.29 Å². The topological polar surface area (TPSA) is 29.5 Å². The number of hydrogen-bond donors (Lipinski definition) is 0. The molecule has 3 nitrogen and oxygen atoms in total. The van der Waals surface area contributed by atoms with Gasteiger partial charge < -0.3 is 4.74 Å². The van der Waals surface area contributed by atoms with E-state index < -0.39 is 0 Å². The lowest BCUT2D eigenvalue weighted by atomic mass is 9.97. The van der Waals surface area contributed by atoms with Gasteiger partial charge in [-0.15, -0.1) is 0 Å². The van der Waals surface area contributed by atoms with E-state index in [9.17, 15) is 4.79 Å². The zero-order valence-corrected chi connectivity index (χ0v) is 12.5. The predicted octanol–water partition coefficient (Wildman–Crippen LogP) is 3.53. The highest BCUT2D eigenvalue weighted by Gasteiger charge is 2.23. The zero-order chi connectivity index (χ0) is 14.4.